The maximum atomic E-state index is 12.7. The van der Waals surface area contributed by atoms with Gasteiger partial charge in [-0.2, -0.15) is 4.31 Å². The number of amides is 1. The predicted molar refractivity (Wildman–Crippen MR) is 120 cm³/mol. The molecule has 9 heteroatoms. The first-order valence-electron chi connectivity index (χ1n) is 10.5. The zero-order chi connectivity index (χ0) is 23.1. The molecule has 1 aliphatic heterocycles. The molecular weight excluding hydrogens is 432 g/mol. The van der Waals surface area contributed by atoms with Gasteiger partial charge in [0.15, 0.2) is 11.5 Å². The van der Waals surface area contributed by atoms with Crippen molar-refractivity contribution in [3.63, 3.8) is 0 Å². The molecular formula is C23H30N2O6S. The number of aryl methyl sites for hydroxylation is 1. The highest BCUT2D eigenvalue weighted by molar-refractivity contribution is 7.89. The van der Waals surface area contributed by atoms with Crippen LogP contribution in [-0.4, -0.2) is 59.2 Å². The molecule has 0 saturated carbocycles. The van der Waals surface area contributed by atoms with Crippen molar-refractivity contribution in [2.24, 2.45) is 0 Å². The maximum Gasteiger partial charge on any atom is 0.243 e. The monoisotopic (exact) mass is 462 g/mol. The summed E-state index contributed by atoms with van der Waals surface area (Å²) in [6.07, 6.45) is 0.815. The lowest BCUT2D eigenvalue weighted by atomic mass is 10.1. The molecule has 8 nitrogen and oxygen atoms in total. The van der Waals surface area contributed by atoms with E-state index in [1.165, 1.54) is 4.31 Å². The van der Waals surface area contributed by atoms with Crippen LogP contribution in [0.5, 0.6) is 11.5 Å². The van der Waals surface area contributed by atoms with E-state index in [1.54, 1.807) is 38.5 Å². The second-order valence-electron chi connectivity index (χ2n) is 7.56. The molecule has 1 fully saturated rings. The topological polar surface area (TPSA) is 94.2 Å². The van der Waals surface area contributed by atoms with Gasteiger partial charge >= 0.3 is 0 Å². The first-order valence-corrected chi connectivity index (χ1v) is 12.0. The Morgan fingerprint density at radius 1 is 1.06 bits per heavy atom. The highest BCUT2D eigenvalue weighted by Gasteiger charge is 2.26. The standard InChI is InChI=1S/C23H30N2O6S/c1-17(19-7-10-21(29-2)22(16-19)30-3)24-23(26)11-6-18-4-8-20(9-5-18)32(27,28)25-12-14-31-15-13-25/h4-5,7-10,16-17H,6,11-15H2,1-3H3,(H,24,26). The summed E-state index contributed by atoms with van der Waals surface area (Å²) in [6.45, 7) is 3.46. The van der Waals surface area contributed by atoms with Gasteiger partial charge in [0.25, 0.3) is 0 Å². The largest absolute Gasteiger partial charge is 0.493 e. The van der Waals surface area contributed by atoms with E-state index < -0.39 is 10.0 Å². The van der Waals surface area contributed by atoms with Crippen LogP contribution in [0.2, 0.25) is 0 Å². The molecule has 1 amide bonds. The number of hydrogen-bond donors (Lipinski definition) is 1. The van der Waals surface area contributed by atoms with Gasteiger partial charge in [-0.05, 0) is 48.7 Å². The van der Waals surface area contributed by atoms with Gasteiger partial charge in [0.1, 0.15) is 0 Å². The molecule has 174 valence electrons. The van der Waals surface area contributed by atoms with Crippen LogP contribution >= 0.6 is 0 Å². The molecule has 3 rings (SSSR count). The number of rotatable bonds is 9. The fourth-order valence-corrected chi connectivity index (χ4v) is 4.95. The van der Waals surface area contributed by atoms with Crippen molar-refractivity contribution in [2.75, 3.05) is 40.5 Å². The van der Waals surface area contributed by atoms with Gasteiger partial charge in [-0.3, -0.25) is 4.79 Å². The normalized spacial score (nSPS) is 15.7. The number of sulfonamides is 1. The maximum absolute atomic E-state index is 12.7. The Balaban J connectivity index is 1.54. The molecule has 1 atom stereocenters. The molecule has 2 aromatic rings. The van der Waals surface area contributed by atoms with Crippen molar-refractivity contribution in [3.8, 4) is 11.5 Å². The van der Waals surface area contributed by atoms with Crippen LogP contribution in [0, 0.1) is 0 Å². The van der Waals surface area contributed by atoms with E-state index in [0.717, 1.165) is 11.1 Å². The van der Waals surface area contributed by atoms with E-state index in [-0.39, 0.29) is 16.8 Å². The number of carbonyl (C=O) groups is 1. The minimum Gasteiger partial charge on any atom is -0.493 e. The number of hydrogen-bond acceptors (Lipinski definition) is 6. The third-order valence-corrected chi connectivity index (χ3v) is 7.37. The summed E-state index contributed by atoms with van der Waals surface area (Å²) in [4.78, 5) is 12.7. The first kappa shape index (κ1) is 24.0. The molecule has 2 aromatic carbocycles. The van der Waals surface area contributed by atoms with Gasteiger partial charge in [-0.25, -0.2) is 8.42 Å². The average molecular weight is 463 g/mol. The fourth-order valence-electron chi connectivity index (χ4n) is 3.54. The molecule has 1 unspecified atom stereocenters. The van der Waals surface area contributed by atoms with Crippen LogP contribution in [0.15, 0.2) is 47.4 Å². The summed E-state index contributed by atoms with van der Waals surface area (Å²) >= 11 is 0. The smallest absolute Gasteiger partial charge is 0.243 e. The van der Waals surface area contributed by atoms with Crippen molar-refractivity contribution in [2.45, 2.75) is 30.7 Å². The quantitative estimate of drug-likeness (QED) is 0.616. The molecule has 0 aliphatic carbocycles. The van der Waals surface area contributed by atoms with Crippen LogP contribution in [0.3, 0.4) is 0 Å². The second kappa shape index (κ2) is 10.8. The van der Waals surface area contributed by atoms with Crippen LogP contribution in [0.4, 0.5) is 0 Å². The zero-order valence-electron chi connectivity index (χ0n) is 18.7. The molecule has 0 aromatic heterocycles. The van der Waals surface area contributed by atoms with Crippen LogP contribution in [0.25, 0.3) is 0 Å². The highest BCUT2D eigenvalue weighted by atomic mass is 32.2. The van der Waals surface area contributed by atoms with Crippen LogP contribution in [-0.2, 0) is 26.0 Å². The third kappa shape index (κ3) is 5.79. The van der Waals surface area contributed by atoms with E-state index in [0.29, 0.717) is 50.6 Å². The van der Waals surface area contributed by atoms with Gasteiger partial charge < -0.3 is 19.5 Å². The average Bonchev–Trinajstić information content (AvgIpc) is 2.83. The summed E-state index contributed by atoms with van der Waals surface area (Å²) in [5, 5.41) is 2.98. The van der Waals surface area contributed by atoms with Gasteiger partial charge in [-0.1, -0.05) is 18.2 Å². The number of morpholine rings is 1. The SMILES string of the molecule is COc1ccc(C(C)NC(=O)CCc2ccc(S(=O)(=O)N3CCOCC3)cc2)cc1OC. The molecule has 1 heterocycles. The van der Waals surface area contributed by atoms with E-state index in [2.05, 4.69) is 5.32 Å². The van der Waals surface area contributed by atoms with Crippen molar-refractivity contribution >= 4 is 15.9 Å². The molecule has 1 aliphatic rings. The van der Waals surface area contributed by atoms with E-state index in [9.17, 15) is 13.2 Å². The number of nitrogens with one attached hydrogen (secondary N) is 1. The summed E-state index contributed by atoms with van der Waals surface area (Å²) in [7, 11) is -0.364. The predicted octanol–water partition coefficient (Wildman–Crippen LogP) is 2.53. The van der Waals surface area contributed by atoms with Gasteiger partial charge in [-0.15, -0.1) is 0 Å². The number of nitrogens with zero attached hydrogens (tertiary/aromatic N) is 1. The Morgan fingerprint density at radius 2 is 1.72 bits per heavy atom. The Bertz CT molecular complexity index is 1020. The first-order chi connectivity index (χ1) is 15.3. The lowest BCUT2D eigenvalue weighted by Gasteiger charge is -2.26. The van der Waals surface area contributed by atoms with Crippen molar-refractivity contribution < 1.29 is 27.4 Å². The lowest BCUT2D eigenvalue weighted by Crippen LogP contribution is -2.40. The molecule has 0 spiro atoms. The van der Waals surface area contributed by atoms with Crippen molar-refractivity contribution in [1.82, 2.24) is 9.62 Å². The summed E-state index contributed by atoms with van der Waals surface area (Å²) in [5.74, 6) is 1.16. The fraction of sp³-hybridized carbons (Fsp3) is 0.435. The number of ether oxygens (including phenoxy) is 3. The Kier molecular flexibility index (Phi) is 8.11. The van der Waals surface area contributed by atoms with Gasteiger partial charge in [0.05, 0.1) is 38.4 Å². The van der Waals surface area contributed by atoms with Crippen molar-refractivity contribution in [3.05, 3.63) is 53.6 Å². The zero-order valence-corrected chi connectivity index (χ0v) is 19.5. The van der Waals surface area contributed by atoms with Gasteiger partial charge in [0.2, 0.25) is 15.9 Å². The van der Waals surface area contributed by atoms with E-state index in [4.69, 9.17) is 14.2 Å². The Morgan fingerprint density at radius 3 is 2.34 bits per heavy atom. The number of benzene rings is 2. The van der Waals surface area contributed by atoms with E-state index in [1.807, 2.05) is 25.1 Å². The minimum atomic E-state index is -3.51. The summed E-state index contributed by atoms with van der Waals surface area (Å²) in [6, 6.07) is 12.1. The van der Waals surface area contributed by atoms with Gasteiger partial charge in [0, 0.05) is 19.5 Å². The van der Waals surface area contributed by atoms with Crippen LogP contribution < -0.4 is 14.8 Å². The molecule has 32 heavy (non-hydrogen) atoms. The molecule has 0 radical (unpaired) electrons. The Hall–Kier alpha value is -2.62. The summed E-state index contributed by atoms with van der Waals surface area (Å²) in [5.41, 5.74) is 1.81. The highest BCUT2D eigenvalue weighted by Crippen LogP contribution is 2.30. The molecule has 0 bridgehead atoms. The van der Waals surface area contributed by atoms with Crippen LogP contribution in [0.1, 0.15) is 30.5 Å². The molecule has 1 N–H and O–H groups in total. The second-order valence-corrected chi connectivity index (χ2v) is 9.50. The minimum absolute atomic E-state index is 0.0858. The number of methoxy groups -OCH3 is 2. The Labute approximate surface area is 189 Å². The molecule has 1 saturated heterocycles. The third-order valence-electron chi connectivity index (χ3n) is 5.46. The van der Waals surface area contributed by atoms with Crippen molar-refractivity contribution in [1.29, 1.82) is 0 Å². The lowest BCUT2D eigenvalue weighted by molar-refractivity contribution is -0.121. The summed E-state index contributed by atoms with van der Waals surface area (Å²) < 4.78 is 42.6. The number of carbonyl (C=O) groups excluding carboxylic acids is 1. The van der Waals surface area contributed by atoms with E-state index >= 15 is 0 Å².